The van der Waals surface area contributed by atoms with Crippen LogP contribution in [-0.2, 0) is 9.53 Å². The number of thiophene rings is 1. The van der Waals surface area contributed by atoms with Gasteiger partial charge in [0.1, 0.15) is 11.2 Å². The first-order valence-electron chi connectivity index (χ1n) is 8.05. The Balaban J connectivity index is 1.75. The Morgan fingerprint density at radius 1 is 1.27 bits per heavy atom. The van der Waals surface area contributed by atoms with E-state index in [0.717, 1.165) is 27.8 Å². The molecule has 1 N–H and O–H groups in total. The number of rotatable bonds is 8. The van der Waals surface area contributed by atoms with Crippen molar-refractivity contribution in [1.29, 1.82) is 0 Å². The fourth-order valence-corrected chi connectivity index (χ4v) is 3.46. The third-order valence-electron chi connectivity index (χ3n) is 3.68. The van der Waals surface area contributed by atoms with Crippen LogP contribution >= 0.6 is 22.9 Å². The number of aromatic nitrogens is 2. The number of carbonyl (C=O) groups is 1. The van der Waals surface area contributed by atoms with E-state index in [1.807, 2.05) is 29.6 Å². The molecule has 1 aromatic carbocycles. The van der Waals surface area contributed by atoms with Crippen LogP contribution in [0.5, 0.6) is 5.88 Å². The number of fused-ring (bicyclic) bond motifs is 1. The van der Waals surface area contributed by atoms with Crippen LogP contribution in [0.3, 0.4) is 0 Å². The smallest absolute Gasteiger partial charge is 0.258 e. The fourth-order valence-electron chi connectivity index (χ4n) is 2.43. The Hall–Kier alpha value is -2.22. The minimum absolute atomic E-state index is 0.102. The molecule has 0 saturated carbocycles. The van der Waals surface area contributed by atoms with Crippen molar-refractivity contribution in [3.8, 4) is 17.0 Å². The Kier molecular flexibility index (Phi) is 6.38. The van der Waals surface area contributed by atoms with Crippen LogP contribution in [0.15, 0.2) is 36.0 Å². The third-order valence-corrected chi connectivity index (χ3v) is 4.82. The lowest BCUT2D eigenvalue weighted by Gasteiger charge is -2.08. The number of hydrogen-bond donors (Lipinski definition) is 1. The van der Waals surface area contributed by atoms with Crippen LogP contribution in [0, 0.1) is 0 Å². The summed E-state index contributed by atoms with van der Waals surface area (Å²) >= 11 is 7.47. The molecule has 2 heterocycles. The highest BCUT2D eigenvalue weighted by molar-refractivity contribution is 7.17. The Bertz CT molecular complexity index is 883. The first-order valence-corrected chi connectivity index (χ1v) is 9.31. The summed E-state index contributed by atoms with van der Waals surface area (Å²) in [5.41, 5.74) is 1.95. The first kappa shape index (κ1) is 18.6. The Morgan fingerprint density at radius 2 is 2.08 bits per heavy atom. The van der Waals surface area contributed by atoms with Gasteiger partial charge in [-0.05, 0) is 24.1 Å². The number of benzene rings is 1. The molecular formula is C18H18ClN3O3S. The summed E-state index contributed by atoms with van der Waals surface area (Å²) in [6.07, 6.45) is 2.20. The van der Waals surface area contributed by atoms with Gasteiger partial charge >= 0.3 is 0 Å². The van der Waals surface area contributed by atoms with Gasteiger partial charge in [0.2, 0.25) is 5.88 Å². The summed E-state index contributed by atoms with van der Waals surface area (Å²) in [5.74, 6) is 0.198. The molecule has 0 aliphatic carbocycles. The molecule has 3 rings (SSSR count). The first-order chi connectivity index (χ1) is 12.7. The lowest BCUT2D eigenvalue weighted by molar-refractivity contribution is -0.123. The van der Waals surface area contributed by atoms with E-state index in [0.29, 0.717) is 24.1 Å². The van der Waals surface area contributed by atoms with Crippen LogP contribution < -0.4 is 10.1 Å². The molecule has 0 bridgehead atoms. The maximum Gasteiger partial charge on any atom is 0.258 e. The van der Waals surface area contributed by atoms with Gasteiger partial charge in [-0.2, -0.15) is 0 Å². The number of hydrogen-bond acceptors (Lipinski definition) is 6. The zero-order valence-corrected chi connectivity index (χ0v) is 15.8. The molecule has 0 spiro atoms. The minimum Gasteiger partial charge on any atom is -0.467 e. The summed E-state index contributed by atoms with van der Waals surface area (Å²) < 4.78 is 10.6. The van der Waals surface area contributed by atoms with E-state index >= 15 is 0 Å². The van der Waals surface area contributed by atoms with E-state index in [9.17, 15) is 4.79 Å². The number of ether oxygens (including phenoxy) is 2. The number of nitrogens with one attached hydrogen (secondary N) is 1. The molecule has 2 aromatic heterocycles. The second-order valence-electron chi connectivity index (χ2n) is 5.50. The molecule has 3 aromatic rings. The van der Waals surface area contributed by atoms with E-state index < -0.39 is 0 Å². The van der Waals surface area contributed by atoms with Gasteiger partial charge in [0.05, 0.1) is 5.39 Å². The van der Waals surface area contributed by atoms with E-state index in [1.54, 1.807) is 7.11 Å². The molecule has 0 radical (unpaired) electrons. The largest absolute Gasteiger partial charge is 0.467 e. The topological polar surface area (TPSA) is 73.3 Å². The standard InChI is InChI=1S/C18H18ClN3O3S/c1-24-8-2-7-20-15(23)9-25-17-16-14(10-26-18(16)22-11-21-17)12-3-5-13(19)6-4-12/h3-6,10-11H,2,7-9H2,1H3,(H,20,23). The number of amides is 1. The van der Waals surface area contributed by atoms with Gasteiger partial charge < -0.3 is 14.8 Å². The summed E-state index contributed by atoms with van der Waals surface area (Å²) in [5, 5.41) is 6.25. The summed E-state index contributed by atoms with van der Waals surface area (Å²) in [4.78, 5) is 21.2. The lowest BCUT2D eigenvalue weighted by Crippen LogP contribution is -2.30. The second-order valence-corrected chi connectivity index (χ2v) is 6.79. The molecule has 0 unspecified atom stereocenters. The number of methoxy groups -OCH3 is 1. The second kappa shape index (κ2) is 8.93. The Morgan fingerprint density at radius 3 is 2.85 bits per heavy atom. The van der Waals surface area contributed by atoms with Crippen LogP contribution in [0.4, 0.5) is 0 Å². The molecule has 136 valence electrons. The highest BCUT2D eigenvalue weighted by atomic mass is 35.5. The Labute approximate surface area is 160 Å². The summed E-state index contributed by atoms with van der Waals surface area (Å²) in [6, 6.07) is 7.53. The van der Waals surface area contributed by atoms with Crippen molar-refractivity contribution < 1.29 is 14.3 Å². The predicted octanol–water partition coefficient (Wildman–Crippen LogP) is 3.54. The molecule has 0 atom stereocenters. The fraction of sp³-hybridized carbons (Fsp3) is 0.278. The molecule has 6 nitrogen and oxygen atoms in total. The van der Waals surface area contributed by atoms with Crippen molar-refractivity contribution in [2.45, 2.75) is 6.42 Å². The number of halogens is 1. The quantitative estimate of drug-likeness (QED) is 0.594. The van der Waals surface area contributed by atoms with Gasteiger partial charge in [-0.3, -0.25) is 4.79 Å². The van der Waals surface area contributed by atoms with E-state index in [-0.39, 0.29) is 12.5 Å². The normalized spacial score (nSPS) is 10.8. The monoisotopic (exact) mass is 391 g/mol. The third kappa shape index (κ3) is 4.49. The van der Waals surface area contributed by atoms with Gasteiger partial charge in [-0.15, -0.1) is 11.3 Å². The van der Waals surface area contributed by atoms with Crippen LogP contribution in [0.2, 0.25) is 5.02 Å². The molecule has 0 fully saturated rings. The summed E-state index contributed by atoms with van der Waals surface area (Å²) in [6.45, 7) is 1.05. The average Bonchev–Trinajstić information content (AvgIpc) is 3.09. The molecule has 0 saturated heterocycles. The van der Waals surface area contributed by atoms with Crippen LogP contribution in [0.1, 0.15) is 6.42 Å². The number of carbonyl (C=O) groups excluding carboxylic acids is 1. The molecule has 0 aliphatic heterocycles. The van der Waals surface area contributed by atoms with Crippen LogP contribution in [-0.4, -0.2) is 42.7 Å². The highest BCUT2D eigenvalue weighted by Gasteiger charge is 2.15. The zero-order chi connectivity index (χ0) is 18.4. The van der Waals surface area contributed by atoms with Crippen molar-refractivity contribution in [2.24, 2.45) is 0 Å². The molecule has 0 aliphatic rings. The van der Waals surface area contributed by atoms with Crippen molar-refractivity contribution in [3.05, 3.63) is 41.0 Å². The maximum atomic E-state index is 11.9. The van der Waals surface area contributed by atoms with Crippen molar-refractivity contribution in [3.63, 3.8) is 0 Å². The van der Waals surface area contributed by atoms with Gasteiger partial charge in [0, 0.05) is 36.2 Å². The number of nitrogens with zero attached hydrogens (tertiary/aromatic N) is 2. The zero-order valence-electron chi connectivity index (χ0n) is 14.2. The molecule has 26 heavy (non-hydrogen) atoms. The summed E-state index contributed by atoms with van der Waals surface area (Å²) in [7, 11) is 1.63. The maximum absolute atomic E-state index is 11.9. The SMILES string of the molecule is COCCCNC(=O)COc1ncnc2scc(-c3ccc(Cl)cc3)c12. The minimum atomic E-state index is -0.198. The van der Waals surface area contributed by atoms with Crippen LogP contribution in [0.25, 0.3) is 21.3 Å². The van der Waals surface area contributed by atoms with Crippen molar-refractivity contribution >= 4 is 39.1 Å². The van der Waals surface area contributed by atoms with Gasteiger partial charge in [-0.25, -0.2) is 9.97 Å². The van der Waals surface area contributed by atoms with E-state index in [1.165, 1.54) is 17.7 Å². The van der Waals surface area contributed by atoms with E-state index in [4.69, 9.17) is 21.1 Å². The van der Waals surface area contributed by atoms with E-state index in [2.05, 4.69) is 15.3 Å². The molecule has 8 heteroatoms. The molecule has 1 amide bonds. The van der Waals surface area contributed by atoms with Gasteiger partial charge in [0.15, 0.2) is 6.61 Å². The van der Waals surface area contributed by atoms with Gasteiger partial charge in [0.25, 0.3) is 5.91 Å². The lowest BCUT2D eigenvalue weighted by atomic mass is 10.1. The van der Waals surface area contributed by atoms with Crippen molar-refractivity contribution in [1.82, 2.24) is 15.3 Å². The molecular weight excluding hydrogens is 374 g/mol. The van der Waals surface area contributed by atoms with Gasteiger partial charge in [-0.1, -0.05) is 23.7 Å². The highest BCUT2D eigenvalue weighted by Crippen LogP contribution is 2.37. The predicted molar refractivity (Wildman–Crippen MR) is 103 cm³/mol. The average molecular weight is 392 g/mol. The van der Waals surface area contributed by atoms with Crippen molar-refractivity contribution in [2.75, 3.05) is 26.9 Å².